The summed E-state index contributed by atoms with van der Waals surface area (Å²) in [7, 11) is 1.69. The van der Waals surface area contributed by atoms with E-state index in [2.05, 4.69) is 36.9 Å². The van der Waals surface area contributed by atoms with Crippen molar-refractivity contribution < 1.29 is 0 Å². The molecule has 0 atom stereocenters. The van der Waals surface area contributed by atoms with Gasteiger partial charge in [0, 0.05) is 32.4 Å². The molecule has 27 heavy (non-hydrogen) atoms. The highest BCUT2D eigenvalue weighted by atomic mass is 16.2. The van der Waals surface area contributed by atoms with Crippen molar-refractivity contribution in [1.29, 1.82) is 0 Å². The molecule has 0 radical (unpaired) electrons. The van der Waals surface area contributed by atoms with E-state index >= 15 is 0 Å². The molecule has 7 heteroatoms. The van der Waals surface area contributed by atoms with E-state index in [1.165, 1.54) is 20.3 Å². The molecule has 0 bridgehead atoms. The van der Waals surface area contributed by atoms with E-state index in [4.69, 9.17) is 4.98 Å². The Hall–Kier alpha value is -2.83. The zero-order chi connectivity index (χ0) is 19.3. The van der Waals surface area contributed by atoms with E-state index in [0.717, 1.165) is 31.0 Å². The SMILES string of the molecule is CCCCn1c(=O)c2c(nc3n2CCN3c2ccc(C)cc2C)n(C)c1=O. The van der Waals surface area contributed by atoms with Gasteiger partial charge in [-0.05, 0) is 31.9 Å². The molecule has 1 aliphatic heterocycles. The van der Waals surface area contributed by atoms with Crippen molar-refractivity contribution in [3.05, 3.63) is 50.2 Å². The Labute approximate surface area is 157 Å². The van der Waals surface area contributed by atoms with Crippen LogP contribution in [0.2, 0.25) is 0 Å². The normalized spacial score (nSPS) is 13.6. The zero-order valence-corrected chi connectivity index (χ0v) is 16.3. The smallest absolute Gasteiger partial charge is 0.310 e. The summed E-state index contributed by atoms with van der Waals surface area (Å²) in [4.78, 5) is 32.5. The molecule has 0 aliphatic carbocycles. The third kappa shape index (κ3) is 2.60. The second kappa shape index (κ2) is 6.40. The Morgan fingerprint density at radius 1 is 1.15 bits per heavy atom. The van der Waals surface area contributed by atoms with E-state index in [-0.39, 0.29) is 11.2 Å². The number of aromatic nitrogens is 4. The molecule has 0 N–H and O–H groups in total. The third-order valence-electron chi connectivity index (χ3n) is 5.38. The van der Waals surface area contributed by atoms with Gasteiger partial charge in [0.15, 0.2) is 11.2 Å². The molecule has 1 aromatic carbocycles. The van der Waals surface area contributed by atoms with Crippen molar-refractivity contribution in [2.75, 3.05) is 11.4 Å². The van der Waals surface area contributed by atoms with Crippen molar-refractivity contribution in [2.24, 2.45) is 7.05 Å². The minimum Gasteiger partial charge on any atom is -0.310 e. The largest absolute Gasteiger partial charge is 0.332 e. The third-order valence-corrected chi connectivity index (χ3v) is 5.38. The van der Waals surface area contributed by atoms with E-state index in [0.29, 0.717) is 24.3 Å². The first-order valence-corrected chi connectivity index (χ1v) is 9.49. The second-order valence-electron chi connectivity index (χ2n) is 7.33. The van der Waals surface area contributed by atoms with Crippen molar-refractivity contribution in [1.82, 2.24) is 18.7 Å². The Morgan fingerprint density at radius 3 is 2.63 bits per heavy atom. The van der Waals surface area contributed by atoms with Crippen LogP contribution in [0, 0.1) is 13.8 Å². The molecule has 142 valence electrons. The molecule has 1 aliphatic rings. The van der Waals surface area contributed by atoms with Gasteiger partial charge >= 0.3 is 5.69 Å². The van der Waals surface area contributed by atoms with Gasteiger partial charge in [0.25, 0.3) is 5.56 Å². The number of imidazole rings is 1. The molecular formula is C20H25N5O2. The maximum Gasteiger partial charge on any atom is 0.332 e. The number of hydrogen-bond donors (Lipinski definition) is 0. The Balaban J connectivity index is 1.92. The van der Waals surface area contributed by atoms with Gasteiger partial charge in [0.1, 0.15) is 0 Å². The van der Waals surface area contributed by atoms with Crippen LogP contribution in [0.4, 0.5) is 11.6 Å². The predicted molar refractivity (Wildman–Crippen MR) is 107 cm³/mol. The molecule has 0 spiro atoms. The molecule has 3 heterocycles. The Bertz CT molecular complexity index is 1150. The summed E-state index contributed by atoms with van der Waals surface area (Å²) in [6.07, 6.45) is 1.73. The van der Waals surface area contributed by atoms with Crippen LogP contribution < -0.4 is 16.1 Å². The van der Waals surface area contributed by atoms with Crippen LogP contribution in [0.25, 0.3) is 11.2 Å². The molecule has 4 rings (SSSR count). The first-order chi connectivity index (χ1) is 12.9. The average molecular weight is 367 g/mol. The van der Waals surface area contributed by atoms with Crippen LogP contribution in [0.1, 0.15) is 30.9 Å². The summed E-state index contributed by atoms with van der Waals surface area (Å²) >= 11 is 0. The van der Waals surface area contributed by atoms with Crippen molar-refractivity contribution in [3.63, 3.8) is 0 Å². The number of hydrogen-bond acceptors (Lipinski definition) is 4. The van der Waals surface area contributed by atoms with Crippen LogP contribution in [-0.4, -0.2) is 25.2 Å². The summed E-state index contributed by atoms with van der Waals surface area (Å²) in [5.41, 5.74) is 3.93. The quantitative estimate of drug-likeness (QED) is 0.711. The summed E-state index contributed by atoms with van der Waals surface area (Å²) in [5, 5.41) is 0. The monoisotopic (exact) mass is 367 g/mol. The number of nitrogens with zero attached hydrogens (tertiary/aromatic N) is 5. The molecule has 7 nitrogen and oxygen atoms in total. The topological polar surface area (TPSA) is 65.1 Å². The van der Waals surface area contributed by atoms with Crippen LogP contribution in [0.15, 0.2) is 27.8 Å². The molecule has 2 aromatic heterocycles. The predicted octanol–water partition coefficient (Wildman–Crippen LogP) is 2.47. The number of fused-ring (bicyclic) bond motifs is 3. The summed E-state index contributed by atoms with van der Waals surface area (Å²) in [6.45, 7) is 8.09. The van der Waals surface area contributed by atoms with Crippen LogP contribution in [0.5, 0.6) is 0 Å². The fourth-order valence-electron chi connectivity index (χ4n) is 3.93. The van der Waals surface area contributed by atoms with Gasteiger partial charge in [0.05, 0.1) is 0 Å². The van der Waals surface area contributed by atoms with Gasteiger partial charge in [-0.1, -0.05) is 31.0 Å². The fourth-order valence-corrected chi connectivity index (χ4v) is 3.93. The molecule has 0 unspecified atom stereocenters. The van der Waals surface area contributed by atoms with Gasteiger partial charge in [-0.2, -0.15) is 4.98 Å². The molecule has 0 saturated heterocycles. The lowest BCUT2D eigenvalue weighted by Crippen LogP contribution is -2.39. The summed E-state index contributed by atoms with van der Waals surface area (Å²) < 4.78 is 4.80. The first kappa shape index (κ1) is 17.6. The molecule has 3 aromatic rings. The zero-order valence-electron chi connectivity index (χ0n) is 16.3. The van der Waals surface area contributed by atoms with Gasteiger partial charge in [-0.3, -0.25) is 13.9 Å². The van der Waals surface area contributed by atoms with Crippen molar-refractivity contribution >= 4 is 22.8 Å². The highest BCUT2D eigenvalue weighted by Gasteiger charge is 2.29. The first-order valence-electron chi connectivity index (χ1n) is 9.49. The average Bonchev–Trinajstić information content (AvgIpc) is 3.19. The van der Waals surface area contributed by atoms with Crippen LogP contribution in [0.3, 0.4) is 0 Å². The highest BCUT2D eigenvalue weighted by molar-refractivity contribution is 5.78. The molecule has 0 saturated carbocycles. The summed E-state index contributed by atoms with van der Waals surface area (Å²) in [6, 6.07) is 6.33. The maximum absolute atomic E-state index is 13.1. The second-order valence-corrected chi connectivity index (χ2v) is 7.33. The molecular weight excluding hydrogens is 342 g/mol. The standard InChI is InChI=1S/C20H25N5O2/c1-5-6-9-25-18(26)16-17(22(4)20(25)27)21-19-23(10-11-24(16)19)15-8-7-13(2)12-14(15)3/h7-8,12H,5-6,9-11H2,1-4H3. The molecule has 0 amide bonds. The Morgan fingerprint density at radius 2 is 1.93 bits per heavy atom. The minimum absolute atomic E-state index is 0.234. The lowest BCUT2D eigenvalue weighted by Gasteiger charge is -2.19. The lowest BCUT2D eigenvalue weighted by molar-refractivity contribution is 0.564. The van der Waals surface area contributed by atoms with E-state index in [1.807, 2.05) is 11.5 Å². The van der Waals surface area contributed by atoms with Crippen molar-refractivity contribution in [2.45, 2.75) is 46.7 Å². The maximum atomic E-state index is 13.1. The van der Waals surface area contributed by atoms with Gasteiger partial charge < -0.3 is 9.47 Å². The highest BCUT2D eigenvalue weighted by Crippen LogP contribution is 2.33. The Kier molecular flexibility index (Phi) is 4.17. The van der Waals surface area contributed by atoms with E-state index in [9.17, 15) is 9.59 Å². The van der Waals surface area contributed by atoms with Gasteiger partial charge in [0.2, 0.25) is 5.95 Å². The van der Waals surface area contributed by atoms with Gasteiger partial charge in [-0.25, -0.2) is 4.79 Å². The summed E-state index contributed by atoms with van der Waals surface area (Å²) in [5.74, 6) is 0.734. The molecule has 0 fully saturated rings. The van der Waals surface area contributed by atoms with Crippen molar-refractivity contribution in [3.8, 4) is 0 Å². The van der Waals surface area contributed by atoms with E-state index in [1.54, 1.807) is 7.05 Å². The fraction of sp³-hybridized carbons (Fsp3) is 0.450. The van der Waals surface area contributed by atoms with E-state index < -0.39 is 0 Å². The van der Waals surface area contributed by atoms with Gasteiger partial charge in [-0.15, -0.1) is 0 Å². The number of benzene rings is 1. The number of anilines is 2. The lowest BCUT2D eigenvalue weighted by atomic mass is 10.1. The number of aryl methyl sites for hydroxylation is 3. The minimum atomic E-state index is -0.296. The number of unbranched alkanes of at least 4 members (excludes halogenated alkanes) is 1. The van der Waals surface area contributed by atoms with Crippen LogP contribution >= 0.6 is 0 Å². The van der Waals surface area contributed by atoms with Crippen LogP contribution in [-0.2, 0) is 20.1 Å². The number of rotatable bonds is 4.